The molecule has 4 N–H and O–H groups in total. The summed E-state index contributed by atoms with van der Waals surface area (Å²) in [6.45, 7) is 4.15. The van der Waals surface area contributed by atoms with Crippen LogP contribution in [0.25, 0.3) is 22.1 Å². The van der Waals surface area contributed by atoms with Gasteiger partial charge in [0.1, 0.15) is 34.7 Å². The van der Waals surface area contributed by atoms with Gasteiger partial charge in [-0.15, -0.1) is 0 Å². The van der Waals surface area contributed by atoms with Gasteiger partial charge >= 0.3 is 6.01 Å². The molecule has 0 aliphatic carbocycles. The number of nitrogens with two attached hydrogens (primary N) is 1. The van der Waals surface area contributed by atoms with Gasteiger partial charge in [0.05, 0.1) is 17.8 Å². The van der Waals surface area contributed by atoms with Crippen molar-refractivity contribution >= 4 is 33.7 Å². The number of hydrogen-bond donors (Lipinski definition) is 3. The van der Waals surface area contributed by atoms with Crippen molar-refractivity contribution in [3.05, 3.63) is 24.5 Å². The van der Waals surface area contributed by atoms with Crippen LogP contribution in [0.2, 0.25) is 0 Å². The van der Waals surface area contributed by atoms with E-state index in [1.807, 2.05) is 14.0 Å². The molecule has 1 saturated heterocycles. The maximum Gasteiger partial charge on any atom is 0.326 e. The minimum absolute atomic E-state index is 0.215. The lowest BCUT2D eigenvalue weighted by Crippen LogP contribution is -2.24. The second-order valence-electron chi connectivity index (χ2n) is 7.28. The van der Waals surface area contributed by atoms with Gasteiger partial charge < -0.3 is 25.7 Å². The molecule has 11 heteroatoms. The number of aromatic nitrogens is 7. The van der Waals surface area contributed by atoms with Gasteiger partial charge in [0.25, 0.3) is 0 Å². The second-order valence-corrected chi connectivity index (χ2v) is 7.28. The van der Waals surface area contributed by atoms with Crippen molar-refractivity contribution in [2.45, 2.75) is 13.3 Å². The van der Waals surface area contributed by atoms with Crippen molar-refractivity contribution in [3.63, 3.8) is 0 Å². The molecule has 1 aliphatic heterocycles. The molecule has 0 radical (unpaired) electrons. The number of nitrogens with zero attached hydrogens (tertiary/aromatic N) is 7. The van der Waals surface area contributed by atoms with Gasteiger partial charge in [-0.3, -0.25) is 0 Å². The molecule has 0 amide bonds. The summed E-state index contributed by atoms with van der Waals surface area (Å²) in [5.41, 5.74) is 8.08. The normalized spacial score (nSPS) is 16.5. The van der Waals surface area contributed by atoms with E-state index in [2.05, 4.69) is 40.1 Å². The first-order valence-electron chi connectivity index (χ1n) is 9.80. The Morgan fingerprint density at radius 2 is 2.07 bits per heavy atom. The Morgan fingerprint density at radius 3 is 2.80 bits per heavy atom. The fourth-order valence-electron chi connectivity index (χ4n) is 3.77. The van der Waals surface area contributed by atoms with Crippen LogP contribution >= 0.6 is 0 Å². The van der Waals surface area contributed by atoms with Gasteiger partial charge in [-0.25, -0.2) is 19.9 Å². The van der Waals surface area contributed by atoms with Crippen molar-refractivity contribution in [3.8, 4) is 11.8 Å². The lowest BCUT2D eigenvalue weighted by molar-refractivity contribution is 0.439. The number of aryl methyl sites for hydroxylation is 1. The number of H-pyrrole nitrogens is 1. The molecule has 0 spiro atoms. The molecular formula is C19H22N10O. The summed E-state index contributed by atoms with van der Waals surface area (Å²) in [5.74, 6) is 3.03. The monoisotopic (exact) mass is 406 g/mol. The highest BCUT2D eigenvalue weighted by atomic mass is 16.5. The second kappa shape index (κ2) is 7.34. The SMILES string of the molecule is CNc1ncnc2c1[nH]c1nc(Oc3cnc(C)nc3)nc(N3CCC(CN)C3)c12. The van der Waals surface area contributed by atoms with Crippen LogP contribution in [0.15, 0.2) is 18.7 Å². The van der Waals surface area contributed by atoms with Gasteiger partial charge in [0.15, 0.2) is 11.6 Å². The lowest BCUT2D eigenvalue weighted by Gasteiger charge is -2.19. The van der Waals surface area contributed by atoms with Gasteiger partial charge in [-0.2, -0.15) is 9.97 Å². The zero-order chi connectivity index (χ0) is 20.7. The van der Waals surface area contributed by atoms with Crippen LogP contribution in [0.3, 0.4) is 0 Å². The van der Waals surface area contributed by atoms with Crippen LogP contribution in [0.1, 0.15) is 12.2 Å². The molecule has 0 aromatic carbocycles. The minimum atomic E-state index is 0.215. The molecule has 5 rings (SSSR count). The zero-order valence-electron chi connectivity index (χ0n) is 16.8. The summed E-state index contributed by atoms with van der Waals surface area (Å²) in [5, 5.41) is 3.93. The van der Waals surface area contributed by atoms with Crippen LogP contribution in [0.5, 0.6) is 11.8 Å². The number of rotatable bonds is 5. The van der Waals surface area contributed by atoms with E-state index in [1.54, 1.807) is 12.4 Å². The Labute approximate surface area is 172 Å². The Kier molecular flexibility index (Phi) is 4.51. The molecule has 0 bridgehead atoms. The quantitative estimate of drug-likeness (QED) is 0.447. The fourth-order valence-corrected chi connectivity index (χ4v) is 3.77. The highest BCUT2D eigenvalue weighted by molar-refractivity contribution is 6.11. The average molecular weight is 406 g/mol. The van der Waals surface area contributed by atoms with E-state index in [0.717, 1.165) is 41.7 Å². The van der Waals surface area contributed by atoms with Gasteiger partial charge in [-0.1, -0.05) is 0 Å². The maximum atomic E-state index is 5.91. The minimum Gasteiger partial charge on any atom is -0.421 e. The Morgan fingerprint density at radius 1 is 1.23 bits per heavy atom. The molecule has 4 aromatic rings. The van der Waals surface area contributed by atoms with Crippen LogP contribution in [-0.2, 0) is 0 Å². The smallest absolute Gasteiger partial charge is 0.326 e. The molecule has 1 fully saturated rings. The number of anilines is 2. The third-order valence-corrected chi connectivity index (χ3v) is 5.32. The summed E-state index contributed by atoms with van der Waals surface area (Å²) < 4.78 is 5.88. The van der Waals surface area contributed by atoms with E-state index in [1.165, 1.54) is 6.33 Å². The van der Waals surface area contributed by atoms with Gasteiger partial charge in [0.2, 0.25) is 0 Å². The summed E-state index contributed by atoms with van der Waals surface area (Å²) in [6.07, 6.45) is 5.76. The maximum absolute atomic E-state index is 5.91. The number of ether oxygens (including phenoxy) is 1. The van der Waals surface area contributed by atoms with E-state index >= 15 is 0 Å². The largest absolute Gasteiger partial charge is 0.421 e. The van der Waals surface area contributed by atoms with Crippen LogP contribution in [0, 0.1) is 12.8 Å². The summed E-state index contributed by atoms with van der Waals surface area (Å²) in [4.78, 5) is 32.0. The standard InChI is InChI=1S/C19H22N10O/c1-10-22-6-12(7-23-10)30-19-27-16-13(14-15(26-16)17(21-2)25-9-24-14)18(28-19)29-4-3-11(5-20)8-29/h6-7,9,11H,3-5,8,20H2,1-2H3,(H,21,24,25)(H,26,27,28). The highest BCUT2D eigenvalue weighted by Crippen LogP contribution is 2.36. The van der Waals surface area contributed by atoms with E-state index in [-0.39, 0.29) is 6.01 Å². The Bertz CT molecular complexity index is 1210. The van der Waals surface area contributed by atoms with Crippen LogP contribution in [0.4, 0.5) is 11.6 Å². The van der Waals surface area contributed by atoms with E-state index in [9.17, 15) is 0 Å². The highest BCUT2D eigenvalue weighted by Gasteiger charge is 2.27. The number of nitrogens with one attached hydrogen (secondary N) is 2. The first kappa shape index (κ1) is 18.4. The third kappa shape index (κ3) is 3.12. The number of fused-ring (bicyclic) bond motifs is 3. The van der Waals surface area contributed by atoms with Crippen molar-refractivity contribution in [2.24, 2.45) is 11.7 Å². The summed E-state index contributed by atoms with van der Waals surface area (Å²) >= 11 is 0. The summed E-state index contributed by atoms with van der Waals surface area (Å²) in [7, 11) is 1.82. The van der Waals surface area contributed by atoms with E-state index in [0.29, 0.717) is 35.5 Å². The number of hydrogen-bond acceptors (Lipinski definition) is 10. The van der Waals surface area contributed by atoms with Crippen molar-refractivity contribution in [2.75, 3.05) is 36.9 Å². The first-order valence-corrected chi connectivity index (χ1v) is 9.80. The van der Waals surface area contributed by atoms with E-state index in [4.69, 9.17) is 15.5 Å². The number of aromatic amines is 1. The van der Waals surface area contributed by atoms with Crippen molar-refractivity contribution < 1.29 is 4.74 Å². The predicted octanol–water partition coefficient (Wildman–Crippen LogP) is 1.62. The van der Waals surface area contributed by atoms with Crippen molar-refractivity contribution in [1.82, 2.24) is 34.9 Å². The van der Waals surface area contributed by atoms with Crippen LogP contribution in [-0.4, -0.2) is 61.6 Å². The molecule has 11 nitrogen and oxygen atoms in total. The topological polar surface area (TPSA) is 144 Å². The molecule has 0 saturated carbocycles. The Balaban J connectivity index is 1.67. The zero-order valence-corrected chi connectivity index (χ0v) is 16.8. The third-order valence-electron chi connectivity index (χ3n) is 5.32. The molecule has 30 heavy (non-hydrogen) atoms. The molecule has 154 valence electrons. The van der Waals surface area contributed by atoms with Gasteiger partial charge in [-0.05, 0) is 25.8 Å². The summed E-state index contributed by atoms with van der Waals surface area (Å²) in [6, 6.07) is 0.215. The Hall–Kier alpha value is -3.60. The molecule has 5 heterocycles. The fraction of sp³-hybridized carbons (Fsp3) is 0.368. The molecule has 1 aliphatic rings. The van der Waals surface area contributed by atoms with E-state index < -0.39 is 0 Å². The average Bonchev–Trinajstić information content (AvgIpc) is 3.39. The predicted molar refractivity (Wildman–Crippen MR) is 113 cm³/mol. The first-order chi connectivity index (χ1) is 14.7. The van der Waals surface area contributed by atoms with Crippen molar-refractivity contribution in [1.29, 1.82) is 0 Å². The van der Waals surface area contributed by atoms with Crippen LogP contribution < -0.4 is 20.7 Å². The molecule has 1 atom stereocenters. The van der Waals surface area contributed by atoms with Gasteiger partial charge in [0, 0.05) is 20.1 Å². The molecule has 4 aromatic heterocycles. The lowest BCUT2D eigenvalue weighted by atomic mass is 10.1. The molecular weight excluding hydrogens is 384 g/mol. The molecule has 1 unspecified atom stereocenters.